The van der Waals surface area contributed by atoms with E-state index in [1.54, 1.807) is 31.2 Å². The van der Waals surface area contributed by atoms with Gasteiger partial charge in [0.05, 0.1) is 29.7 Å². The summed E-state index contributed by atoms with van der Waals surface area (Å²) >= 11 is 0. The minimum Gasteiger partial charge on any atom is -0.390 e. The third-order valence-corrected chi connectivity index (χ3v) is 5.03. The smallest absolute Gasteiger partial charge is 0.157 e. The Morgan fingerprint density at radius 3 is 1.93 bits per heavy atom. The van der Waals surface area contributed by atoms with Crippen LogP contribution in [0.15, 0.2) is 24.3 Å². The summed E-state index contributed by atoms with van der Waals surface area (Å²) in [4.78, 5) is 0. The number of hydrogen-bond acceptors (Lipinski definition) is 9. The van der Waals surface area contributed by atoms with Crippen molar-refractivity contribution in [3.05, 3.63) is 24.3 Å². The van der Waals surface area contributed by atoms with Crippen LogP contribution in [0, 0.1) is 0 Å². The van der Waals surface area contributed by atoms with Crippen LogP contribution in [0.25, 0.3) is 0 Å². The molecule has 7 N–H and O–H groups in total. The van der Waals surface area contributed by atoms with E-state index >= 15 is 0 Å². The summed E-state index contributed by atoms with van der Waals surface area (Å²) in [7, 11) is 0. The quantitative estimate of drug-likeness (QED) is 0.355. The largest absolute Gasteiger partial charge is 0.390 e. The Morgan fingerprint density at radius 2 is 1.33 bits per heavy atom. The summed E-state index contributed by atoms with van der Waals surface area (Å²) < 4.78 is 11.3. The first-order valence-corrected chi connectivity index (χ1v) is 9.11. The standard InChI is InChI=1S/C18H28N2O7/c1-8-7-12(21)14(23)17(26-8)19-10-5-3-4-6-11(10)20-18-16(25)15(24)13(22)9(2)27-18/h3-6,8-9,12-25H,7H2,1-2H3/t8-,9+,12+,13-,14+,15-,16-,17-,18+/m1/s1. The third-order valence-electron chi connectivity index (χ3n) is 5.03. The predicted octanol–water partition coefficient (Wildman–Crippen LogP) is -0.805. The van der Waals surface area contributed by atoms with Gasteiger partial charge in [0, 0.05) is 6.42 Å². The molecule has 9 atom stereocenters. The Bertz CT molecular complexity index is 633. The summed E-state index contributed by atoms with van der Waals surface area (Å²) in [5.74, 6) is 0. The normalized spacial score (nSPS) is 42.6. The monoisotopic (exact) mass is 384 g/mol. The van der Waals surface area contributed by atoms with Gasteiger partial charge in [0.25, 0.3) is 0 Å². The van der Waals surface area contributed by atoms with Gasteiger partial charge in [-0.1, -0.05) is 12.1 Å². The molecule has 0 aliphatic carbocycles. The van der Waals surface area contributed by atoms with Gasteiger partial charge in [0.1, 0.15) is 24.4 Å². The molecular formula is C18H28N2O7. The van der Waals surface area contributed by atoms with Crippen molar-refractivity contribution in [3.8, 4) is 0 Å². The molecule has 2 heterocycles. The van der Waals surface area contributed by atoms with Gasteiger partial charge in [-0.25, -0.2) is 0 Å². The zero-order valence-corrected chi connectivity index (χ0v) is 15.3. The van der Waals surface area contributed by atoms with Gasteiger partial charge in [-0.15, -0.1) is 0 Å². The molecule has 0 saturated carbocycles. The van der Waals surface area contributed by atoms with Crippen LogP contribution in [-0.4, -0.2) is 80.7 Å². The number of para-hydroxylation sites is 2. The molecule has 0 aromatic heterocycles. The second-order valence-electron chi connectivity index (χ2n) is 7.23. The van der Waals surface area contributed by atoms with Crippen LogP contribution >= 0.6 is 0 Å². The van der Waals surface area contributed by atoms with Crippen LogP contribution in [0.3, 0.4) is 0 Å². The highest BCUT2D eigenvalue weighted by Crippen LogP contribution is 2.29. The Kier molecular flexibility index (Phi) is 6.21. The summed E-state index contributed by atoms with van der Waals surface area (Å²) in [6.45, 7) is 3.42. The van der Waals surface area contributed by atoms with Gasteiger partial charge in [-0.3, -0.25) is 0 Å². The van der Waals surface area contributed by atoms with Crippen LogP contribution < -0.4 is 10.6 Å². The number of aliphatic hydroxyl groups excluding tert-OH is 5. The van der Waals surface area contributed by atoms with E-state index in [0.717, 1.165) is 0 Å². The number of anilines is 2. The van der Waals surface area contributed by atoms with E-state index in [-0.39, 0.29) is 6.10 Å². The fourth-order valence-electron chi connectivity index (χ4n) is 3.40. The summed E-state index contributed by atoms with van der Waals surface area (Å²) in [6, 6.07) is 7.03. The minimum absolute atomic E-state index is 0.220. The number of benzene rings is 1. The van der Waals surface area contributed by atoms with Gasteiger partial charge >= 0.3 is 0 Å². The molecule has 152 valence electrons. The summed E-state index contributed by atoms with van der Waals surface area (Å²) in [5, 5.41) is 56.2. The molecule has 2 saturated heterocycles. The van der Waals surface area contributed by atoms with E-state index in [9.17, 15) is 25.5 Å². The van der Waals surface area contributed by atoms with Crippen molar-refractivity contribution in [1.29, 1.82) is 0 Å². The van der Waals surface area contributed by atoms with Crippen LogP contribution in [-0.2, 0) is 9.47 Å². The average Bonchev–Trinajstić information content (AvgIpc) is 2.63. The molecule has 9 heteroatoms. The Morgan fingerprint density at radius 1 is 0.778 bits per heavy atom. The topological polar surface area (TPSA) is 144 Å². The van der Waals surface area contributed by atoms with Crippen molar-refractivity contribution in [2.24, 2.45) is 0 Å². The van der Waals surface area contributed by atoms with Crippen molar-refractivity contribution < 1.29 is 35.0 Å². The maximum Gasteiger partial charge on any atom is 0.157 e. The maximum absolute atomic E-state index is 10.2. The lowest BCUT2D eigenvalue weighted by atomic mass is 9.99. The highest BCUT2D eigenvalue weighted by molar-refractivity contribution is 5.69. The number of rotatable bonds is 4. The van der Waals surface area contributed by atoms with Gasteiger partial charge in [0.15, 0.2) is 12.5 Å². The van der Waals surface area contributed by atoms with Crippen molar-refractivity contribution in [3.63, 3.8) is 0 Å². The molecule has 2 aliphatic rings. The van der Waals surface area contributed by atoms with Crippen molar-refractivity contribution in [1.82, 2.24) is 0 Å². The van der Waals surface area contributed by atoms with E-state index in [1.807, 2.05) is 6.92 Å². The van der Waals surface area contributed by atoms with Gasteiger partial charge in [-0.05, 0) is 26.0 Å². The zero-order chi connectivity index (χ0) is 19.7. The molecule has 0 unspecified atom stereocenters. The Hall–Kier alpha value is -1.46. The van der Waals surface area contributed by atoms with E-state index in [0.29, 0.717) is 17.8 Å². The lowest BCUT2D eigenvalue weighted by molar-refractivity contribution is -0.209. The lowest BCUT2D eigenvalue weighted by Crippen LogP contribution is -2.58. The van der Waals surface area contributed by atoms with Crippen molar-refractivity contribution in [2.45, 2.75) is 75.5 Å². The second kappa shape index (κ2) is 8.27. The average molecular weight is 384 g/mol. The molecule has 0 radical (unpaired) electrons. The molecular weight excluding hydrogens is 356 g/mol. The molecule has 1 aromatic rings. The predicted molar refractivity (Wildman–Crippen MR) is 97.0 cm³/mol. The van der Waals surface area contributed by atoms with Crippen molar-refractivity contribution >= 4 is 11.4 Å². The number of aliphatic hydroxyl groups is 5. The number of nitrogens with one attached hydrogen (secondary N) is 2. The van der Waals surface area contributed by atoms with E-state index in [1.165, 1.54) is 0 Å². The molecule has 0 bridgehead atoms. The van der Waals surface area contributed by atoms with Crippen molar-refractivity contribution in [2.75, 3.05) is 10.6 Å². The van der Waals surface area contributed by atoms with Gasteiger partial charge in [-0.2, -0.15) is 0 Å². The van der Waals surface area contributed by atoms with Crippen LogP contribution in [0.4, 0.5) is 11.4 Å². The van der Waals surface area contributed by atoms with Crippen LogP contribution in [0.2, 0.25) is 0 Å². The number of hydrogen-bond donors (Lipinski definition) is 7. The Balaban J connectivity index is 1.74. The third kappa shape index (κ3) is 4.35. The molecule has 2 fully saturated rings. The van der Waals surface area contributed by atoms with Crippen LogP contribution in [0.5, 0.6) is 0 Å². The first-order chi connectivity index (χ1) is 12.8. The fraction of sp³-hybridized carbons (Fsp3) is 0.667. The first-order valence-electron chi connectivity index (χ1n) is 9.11. The highest BCUT2D eigenvalue weighted by atomic mass is 16.5. The molecule has 27 heavy (non-hydrogen) atoms. The van der Waals surface area contributed by atoms with E-state index in [2.05, 4.69) is 10.6 Å². The zero-order valence-electron chi connectivity index (χ0n) is 15.3. The SMILES string of the molecule is C[C@@H]1C[C@H](O)[C@H](O)[C@H](Nc2ccccc2N[C@H]2O[C@@H](C)[C@@H](O)[C@@H](O)[C@H]2O)O1. The minimum atomic E-state index is -1.34. The lowest BCUT2D eigenvalue weighted by Gasteiger charge is -2.40. The molecule has 3 rings (SSSR count). The molecule has 0 amide bonds. The van der Waals surface area contributed by atoms with Crippen LogP contribution in [0.1, 0.15) is 20.3 Å². The molecule has 0 spiro atoms. The van der Waals surface area contributed by atoms with E-state index in [4.69, 9.17) is 9.47 Å². The maximum atomic E-state index is 10.2. The molecule has 2 aliphatic heterocycles. The molecule has 1 aromatic carbocycles. The number of ether oxygens (including phenoxy) is 2. The van der Waals surface area contributed by atoms with Gasteiger partial charge in [0.2, 0.25) is 0 Å². The van der Waals surface area contributed by atoms with E-state index < -0.39 is 49.1 Å². The fourth-order valence-corrected chi connectivity index (χ4v) is 3.40. The molecule has 9 nitrogen and oxygen atoms in total. The summed E-state index contributed by atoms with van der Waals surface area (Å²) in [6.07, 6.45) is -8.14. The summed E-state index contributed by atoms with van der Waals surface area (Å²) in [5.41, 5.74) is 1.10. The first kappa shape index (κ1) is 20.3. The Labute approximate surface area is 157 Å². The highest BCUT2D eigenvalue weighted by Gasteiger charge is 2.42. The second-order valence-corrected chi connectivity index (χ2v) is 7.23. The van der Waals surface area contributed by atoms with Gasteiger partial charge < -0.3 is 45.6 Å².